The van der Waals surface area contributed by atoms with E-state index in [1.165, 1.54) is 31.4 Å². The number of carboxylic acids is 1. The first-order valence-electron chi connectivity index (χ1n) is 18.3. The molecule has 1 atom stereocenters. The molecule has 3 aromatic heterocycles. The molecule has 0 saturated carbocycles. The van der Waals surface area contributed by atoms with Crippen LogP contribution >= 0.6 is 15.9 Å². The summed E-state index contributed by atoms with van der Waals surface area (Å²) in [5.74, 6) is 1.41. The zero-order valence-electron chi connectivity index (χ0n) is 29.4. The summed E-state index contributed by atoms with van der Waals surface area (Å²) in [4.78, 5) is 15.2. The number of halogens is 1. The van der Waals surface area contributed by atoms with Crippen LogP contribution in [0.2, 0.25) is 0 Å². The zero-order chi connectivity index (χ0) is 35.0. The molecule has 0 radical (unpaired) electrons. The van der Waals surface area contributed by atoms with Crippen LogP contribution in [-0.4, -0.2) is 21.8 Å². The van der Waals surface area contributed by atoms with Gasteiger partial charge < -0.3 is 18.9 Å². The zero-order valence-corrected chi connectivity index (χ0v) is 31.0. The first-order valence-corrected chi connectivity index (χ1v) is 19.1. The van der Waals surface area contributed by atoms with Gasteiger partial charge in [0.15, 0.2) is 16.2 Å². The third kappa shape index (κ3) is 8.18. The van der Waals surface area contributed by atoms with E-state index in [2.05, 4.69) is 95.2 Å². The van der Waals surface area contributed by atoms with Crippen molar-refractivity contribution < 1.29 is 18.7 Å². The van der Waals surface area contributed by atoms with Gasteiger partial charge in [-0.25, -0.2) is 4.79 Å². The number of furan rings is 2. The van der Waals surface area contributed by atoms with Crippen molar-refractivity contribution >= 4 is 33.3 Å². The smallest absolute Gasteiger partial charge is 0.335 e. The predicted octanol–water partition coefficient (Wildman–Crippen LogP) is 12.2. The minimum atomic E-state index is -0.944. The first kappa shape index (κ1) is 35.5. The molecule has 8 heteroatoms. The first-order chi connectivity index (χ1) is 24.4. The number of hydrazone groups is 1. The molecule has 0 bridgehead atoms. The largest absolute Gasteiger partial charge is 0.478 e. The number of anilines is 1. The van der Waals surface area contributed by atoms with E-state index < -0.39 is 5.97 Å². The Morgan fingerprint density at radius 3 is 2.22 bits per heavy atom. The van der Waals surface area contributed by atoms with Gasteiger partial charge in [0.2, 0.25) is 0 Å². The van der Waals surface area contributed by atoms with Crippen LogP contribution < -0.4 is 5.01 Å². The molecule has 1 unspecified atom stereocenters. The maximum atomic E-state index is 11.5. The number of carboxylic acid groups (broad SMARTS) is 1. The van der Waals surface area contributed by atoms with E-state index >= 15 is 0 Å². The second-order valence-electron chi connectivity index (χ2n) is 13.4. The Hall–Kier alpha value is -4.30. The van der Waals surface area contributed by atoms with Crippen molar-refractivity contribution in [1.82, 2.24) is 4.98 Å². The number of H-pyrrole nitrogens is 1. The van der Waals surface area contributed by atoms with Gasteiger partial charge in [-0.1, -0.05) is 77.1 Å². The van der Waals surface area contributed by atoms with Gasteiger partial charge in [-0.05, 0) is 114 Å². The van der Waals surface area contributed by atoms with E-state index in [1.807, 2.05) is 12.1 Å². The Kier molecular flexibility index (Phi) is 11.8. The predicted molar refractivity (Wildman–Crippen MR) is 205 cm³/mol. The summed E-state index contributed by atoms with van der Waals surface area (Å²) >= 11 is 3.65. The van der Waals surface area contributed by atoms with Crippen molar-refractivity contribution in [1.29, 1.82) is 0 Å². The Labute approximate surface area is 303 Å². The molecule has 7 nitrogen and oxygen atoms in total. The highest BCUT2D eigenvalue weighted by atomic mass is 79.9. The van der Waals surface area contributed by atoms with Crippen molar-refractivity contribution in [3.8, 4) is 22.8 Å². The number of benzene rings is 2. The minimum absolute atomic E-state index is 0.192. The van der Waals surface area contributed by atoms with Crippen molar-refractivity contribution in [2.45, 2.75) is 104 Å². The average molecular weight is 739 g/mol. The quantitative estimate of drug-likeness (QED) is 0.0926. The van der Waals surface area contributed by atoms with E-state index in [0.717, 1.165) is 106 Å². The lowest BCUT2D eigenvalue weighted by Crippen LogP contribution is -2.18. The molecule has 0 aliphatic carbocycles. The highest BCUT2D eigenvalue weighted by Crippen LogP contribution is 2.42. The van der Waals surface area contributed by atoms with Crippen LogP contribution in [0.1, 0.15) is 123 Å². The molecule has 262 valence electrons. The number of unbranched alkanes of at least 4 members (excludes halogenated alkanes) is 5. The maximum absolute atomic E-state index is 11.5. The van der Waals surface area contributed by atoms with Gasteiger partial charge in [0.25, 0.3) is 0 Å². The van der Waals surface area contributed by atoms with Crippen LogP contribution in [0.3, 0.4) is 0 Å². The number of rotatable bonds is 17. The Morgan fingerprint density at radius 1 is 0.820 bits per heavy atom. The van der Waals surface area contributed by atoms with Gasteiger partial charge in [-0.2, -0.15) is 5.10 Å². The summed E-state index contributed by atoms with van der Waals surface area (Å²) in [5.41, 5.74) is 8.79. The molecule has 1 aliphatic rings. The van der Waals surface area contributed by atoms with Crippen LogP contribution in [0.4, 0.5) is 5.69 Å². The molecule has 2 N–H and O–H groups in total. The lowest BCUT2D eigenvalue weighted by atomic mass is 10.00. The Morgan fingerprint density at radius 2 is 1.52 bits per heavy atom. The standard InChI is InChI=1S/C42H48BrN3O4/c1-4-7-10-11-14-33-21-24-35(44-33)28-19-22-34(23-20-28)46-37(27-36(45-46)29-15-17-30(18-16-29)42(47)48)38-25-31(12-8-5-2)40(49-38)39-26-32(13-9-6-3)41(43)50-39/h15-26,37,44H,4-14,27H2,1-3H3,(H,47,48). The number of hydrogen-bond acceptors (Lipinski definition) is 5. The van der Waals surface area contributed by atoms with Crippen LogP contribution in [0.15, 0.2) is 91.4 Å². The Balaban J connectivity index is 1.32. The molecule has 0 amide bonds. The van der Waals surface area contributed by atoms with E-state index in [0.29, 0.717) is 6.42 Å². The Bertz CT molecular complexity index is 1900. The second-order valence-corrected chi connectivity index (χ2v) is 14.1. The summed E-state index contributed by atoms with van der Waals surface area (Å²) in [6, 6.07) is 24.0. The molecule has 0 fully saturated rings. The molecular formula is C42H48BrN3O4. The lowest BCUT2D eigenvalue weighted by Gasteiger charge is -2.22. The molecule has 2 aromatic carbocycles. The fourth-order valence-corrected chi connectivity index (χ4v) is 7.16. The number of hydrogen-bond donors (Lipinski definition) is 2. The molecule has 1 aliphatic heterocycles. The van der Waals surface area contributed by atoms with Gasteiger partial charge in [0.05, 0.1) is 17.0 Å². The molecule has 0 saturated heterocycles. The summed E-state index contributed by atoms with van der Waals surface area (Å²) in [7, 11) is 0. The molecule has 0 spiro atoms. The number of aryl methyl sites for hydroxylation is 3. The van der Waals surface area contributed by atoms with Crippen molar-refractivity contribution in [2.24, 2.45) is 5.10 Å². The van der Waals surface area contributed by atoms with E-state index in [1.54, 1.807) is 12.1 Å². The van der Waals surface area contributed by atoms with Gasteiger partial charge >= 0.3 is 5.97 Å². The van der Waals surface area contributed by atoms with Gasteiger partial charge in [0.1, 0.15) is 11.8 Å². The van der Waals surface area contributed by atoms with E-state index in [-0.39, 0.29) is 11.6 Å². The highest BCUT2D eigenvalue weighted by molar-refractivity contribution is 9.10. The maximum Gasteiger partial charge on any atom is 0.335 e. The molecular weight excluding hydrogens is 690 g/mol. The minimum Gasteiger partial charge on any atom is -0.478 e. The van der Waals surface area contributed by atoms with Crippen molar-refractivity contribution in [3.05, 3.63) is 111 Å². The molecule has 5 aromatic rings. The summed E-state index contributed by atoms with van der Waals surface area (Å²) in [5, 5.41) is 16.7. The van der Waals surface area contributed by atoms with E-state index in [9.17, 15) is 9.90 Å². The fraction of sp³-hybridized carbons (Fsp3) is 0.381. The number of aromatic amines is 1. The summed E-state index contributed by atoms with van der Waals surface area (Å²) < 4.78 is 13.8. The SMILES string of the molecule is CCCCCCc1ccc(-c2ccc(N3N=C(c4ccc(C(=O)O)cc4)CC3c3cc(CCCC)c(-c4cc(CCCC)c(Br)o4)o3)cc2)[nH]1. The normalized spacial score (nSPS) is 14.4. The number of aromatic nitrogens is 1. The van der Waals surface area contributed by atoms with Crippen LogP contribution in [0.25, 0.3) is 22.8 Å². The third-order valence-electron chi connectivity index (χ3n) is 9.60. The highest BCUT2D eigenvalue weighted by Gasteiger charge is 2.34. The number of aromatic carboxylic acids is 1. The van der Waals surface area contributed by atoms with Crippen LogP contribution in [-0.2, 0) is 19.3 Å². The topological polar surface area (TPSA) is 95.0 Å². The van der Waals surface area contributed by atoms with Crippen molar-refractivity contribution in [3.63, 3.8) is 0 Å². The van der Waals surface area contributed by atoms with Crippen LogP contribution in [0, 0.1) is 0 Å². The summed E-state index contributed by atoms with van der Waals surface area (Å²) in [6.07, 6.45) is 12.8. The third-order valence-corrected chi connectivity index (χ3v) is 10.3. The fourth-order valence-electron chi connectivity index (χ4n) is 6.67. The monoisotopic (exact) mass is 737 g/mol. The molecule has 50 heavy (non-hydrogen) atoms. The summed E-state index contributed by atoms with van der Waals surface area (Å²) in [6.45, 7) is 6.64. The van der Waals surface area contributed by atoms with E-state index in [4.69, 9.17) is 13.9 Å². The molecule has 4 heterocycles. The number of nitrogens with zero attached hydrogens (tertiary/aromatic N) is 2. The second kappa shape index (κ2) is 16.6. The van der Waals surface area contributed by atoms with Gasteiger partial charge in [-0.3, -0.25) is 5.01 Å². The van der Waals surface area contributed by atoms with Gasteiger partial charge in [-0.15, -0.1) is 0 Å². The van der Waals surface area contributed by atoms with Crippen LogP contribution in [0.5, 0.6) is 0 Å². The number of carbonyl (C=O) groups is 1. The molecule has 6 rings (SSSR count). The number of nitrogens with one attached hydrogen (secondary N) is 1. The average Bonchev–Trinajstić information content (AvgIpc) is 3.94. The van der Waals surface area contributed by atoms with Crippen molar-refractivity contribution in [2.75, 3.05) is 5.01 Å². The van der Waals surface area contributed by atoms with Gasteiger partial charge in [0, 0.05) is 28.9 Å². The lowest BCUT2D eigenvalue weighted by molar-refractivity contribution is 0.0697.